The molecule has 0 atom stereocenters. The summed E-state index contributed by atoms with van der Waals surface area (Å²) in [6, 6.07) is 7.15. The van der Waals surface area contributed by atoms with Crippen LogP contribution in [0.3, 0.4) is 0 Å². The van der Waals surface area contributed by atoms with Crippen LogP contribution in [0.15, 0.2) is 18.2 Å². The second-order valence-corrected chi connectivity index (χ2v) is 5.87. The van der Waals surface area contributed by atoms with E-state index in [-0.39, 0.29) is 36.5 Å². The number of halogens is 1. The van der Waals surface area contributed by atoms with Gasteiger partial charge in [0.15, 0.2) is 6.61 Å². The molecule has 0 fully saturated rings. The molecule has 2 amide bonds. The summed E-state index contributed by atoms with van der Waals surface area (Å²) in [5.41, 5.74) is -0.536. The Morgan fingerprint density at radius 1 is 1.21 bits per heavy atom. The van der Waals surface area contributed by atoms with Crippen LogP contribution in [0.1, 0.15) is 23.2 Å². The lowest BCUT2D eigenvalue weighted by atomic mass is 10.2. The highest BCUT2D eigenvalue weighted by molar-refractivity contribution is 6.32. The van der Waals surface area contributed by atoms with Crippen LogP contribution < -0.4 is 5.32 Å². The van der Waals surface area contributed by atoms with Crippen molar-refractivity contribution in [3.63, 3.8) is 0 Å². The van der Waals surface area contributed by atoms with Crippen LogP contribution in [0.2, 0.25) is 5.02 Å². The predicted octanol–water partition coefficient (Wildman–Crippen LogP) is 1.18. The Labute approximate surface area is 170 Å². The topological polar surface area (TPSA) is 166 Å². The van der Waals surface area contributed by atoms with Crippen LogP contribution >= 0.6 is 11.6 Å². The van der Waals surface area contributed by atoms with Crippen molar-refractivity contribution in [1.82, 2.24) is 10.2 Å². The summed E-state index contributed by atoms with van der Waals surface area (Å²) in [5, 5.41) is 30.1. The fourth-order valence-electron chi connectivity index (χ4n) is 2.06. The molecule has 11 nitrogen and oxygen atoms in total. The number of ether oxygens (including phenoxy) is 1. The molecule has 29 heavy (non-hydrogen) atoms. The molecule has 1 aromatic carbocycles. The molecule has 0 aliphatic carbocycles. The summed E-state index contributed by atoms with van der Waals surface area (Å²) in [4.78, 5) is 47.1. The number of nitro groups is 1. The van der Waals surface area contributed by atoms with Gasteiger partial charge in [-0.3, -0.25) is 24.5 Å². The maximum atomic E-state index is 12.0. The molecule has 1 rings (SSSR count). The minimum absolute atomic E-state index is 0.0639. The highest BCUT2D eigenvalue weighted by Gasteiger charge is 2.18. The standard InChI is InChI=1S/C17H16ClN5O6/c18-13-4-3-12(9-14(13)23(27)28)17(26)21-10-16(25)29-11-15(24)22(7-1-5-19)8-2-6-20/h3-4,9H,1-2,7-8,10-11H2,(H,21,26). The molecule has 152 valence electrons. The van der Waals surface area contributed by atoms with Gasteiger partial charge in [-0.25, -0.2) is 0 Å². The second kappa shape index (κ2) is 11.9. The number of rotatable bonds is 10. The van der Waals surface area contributed by atoms with Gasteiger partial charge in [0.2, 0.25) is 0 Å². The van der Waals surface area contributed by atoms with Crippen LogP contribution in [-0.2, 0) is 14.3 Å². The summed E-state index contributed by atoms with van der Waals surface area (Å²) in [6.45, 7) is -0.988. The van der Waals surface area contributed by atoms with Gasteiger partial charge < -0.3 is 15.0 Å². The van der Waals surface area contributed by atoms with Gasteiger partial charge in [-0.1, -0.05) is 11.6 Å². The molecule has 0 radical (unpaired) electrons. The summed E-state index contributed by atoms with van der Waals surface area (Å²) in [6.07, 6.45) is 0.128. The van der Waals surface area contributed by atoms with Crippen molar-refractivity contribution in [2.24, 2.45) is 0 Å². The van der Waals surface area contributed by atoms with Gasteiger partial charge >= 0.3 is 5.97 Å². The van der Waals surface area contributed by atoms with Crippen LogP contribution in [0.4, 0.5) is 5.69 Å². The highest BCUT2D eigenvalue weighted by Crippen LogP contribution is 2.24. The number of nitriles is 2. The molecule has 0 heterocycles. The molecular formula is C17H16ClN5O6. The lowest BCUT2D eigenvalue weighted by Gasteiger charge is -2.20. The molecule has 1 N–H and O–H groups in total. The highest BCUT2D eigenvalue weighted by atomic mass is 35.5. The maximum absolute atomic E-state index is 12.0. The van der Waals surface area contributed by atoms with E-state index in [0.717, 1.165) is 6.07 Å². The monoisotopic (exact) mass is 421 g/mol. The quantitative estimate of drug-likeness (QED) is 0.333. The predicted molar refractivity (Wildman–Crippen MR) is 98.4 cm³/mol. The van der Waals surface area contributed by atoms with Crippen LogP contribution in [0.25, 0.3) is 0 Å². The first-order valence-corrected chi connectivity index (χ1v) is 8.57. The Balaban J connectivity index is 2.54. The number of hydrogen-bond donors (Lipinski definition) is 1. The van der Waals surface area contributed by atoms with Crippen LogP contribution in [-0.4, -0.2) is 53.8 Å². The number of benzene rings is 1. The number of nitrogens with zero attached hydrogens (tertiary/aromatic N) is 4. The largest absolute Gasteiger partial charge is 0.454 e. The number of hydrogen-bond acceptors (Lipinski definition) is 8. The molecule has 12 heteroatoms. The van der Waals surface area contributed by atoms with Crippen molar-refractivity contribution in [2.75, 3.05) is 26.2 Å². The normalized spacial score (nSPS) is 9.62. The van der Waals surface area contributed by atoms with Crippen molar-refractivity contribution < 1.29 is 24.0 Å². The van der Waals surface area contributed by atoms with Gasteiger partial charge in [-0.15, -0.1) is 0 Å². The first kappa shape index (κ1) is 23.3. The zero-order valence-corrected chi connectivity index (χ0v) is 15.8. The lowest BCUT2D eigenvalue weighted by Crippen LogP contribution is -2.37. The van der Waals surface area contributed by atoms with Crippen molar-refractivity contribution in [2.45, 2.75) is 12.8 Å². The average Bonchev–Trinajstić information content (AvgIpc) is 2.70. The Morgan fingerprint density at radius 2 is 1.83 bits per heavy atom. The van der Waals surface area contributed by atoms with E-state index in [9.17, 15) is 24.5 Å². The minimum Gasteiger partial charge on any atom is -0.454 e. The number of amides is 2. The summed E-state index contributed by atoms with van der Waals surface area (Å²) >= 11 is 5.66. The summed E-state index contributed by atoms with van der Waals surface area (Å²) in [5.74, 6) is -2.25. The van der Waals surface area contributed by atoms with Crippen LogP contribution in [0, 0.1) is 32.8 Å². The van der Waals surface area contributed by atoms with E-state index in [1.54, 1.807) is 0 Å². The molecule has 0 unspecified atom stereocenters. The fourth-order valence-corrected chi connectivity index (χ4v) is 2.25. The second-order valence-electron chi connectivity index (χ2n) is 5.46. The Kier molecular flexibility index (Phi) is 9.57. The van der Waals surface area contributed by atoms with E-state index in [4.69, 9.17) is 26.9 Å². The number of carbonyl (C=O) groups excluding carboxylic acids is 3. The van der Waals surface area contributed by atoms with Crippen molar-refractivity contribution in [1.29, 1.82) is 10.5 Å². The molecule has 0 aromatic heterocycles. The first-order valence-electron chi connectivity index (χ1n) is 8.19. The van der Waals surface area contributed by atoms with E-state index in [1.807, 2.05) is 12.1 Å². The smallest absolute Gasteiger partial charge is 0.325 e. The van der Waals surface area contributed by atoms with Gasteiger partial charge in [-0.05, 0) is 12.1 Å². The van der Waals surface area contributed by atoms with E-state index in [2.05, 4.69) is 5.32 Å². The van der Waals surface area contributed by atoms with Crippen LogP contribution in [0.5, 0.6) is 0 Å². The van der Waals surface area contributed by atoms with E-state index >= 15 is 0 Å². The fraction of sp³-hybridized carbons (Fsp3) is 0.353. The minimum atomic E-state index is -0.907. The summed E-state index contributed by atoms with van der Waals surface area (Å²) < 4.78 is 4.77. The third kappa shape index (κ3) is 7.82. The third-order valence-corrected chi connectivity index (χ3v) is 3.81. The van der Waals surface area contributed by atoms with Crippen molar-refractivity contribution in [3.05, 3.63) is 38.9 Å². The molecule has 0 spiro atoms. The number of esters is 1. The SMILES string of the molecule is N#CCCN(CCC#N)C(=O)COC(=O)CNC(=O)c1ccc(Cl)c([N+](=O)[O-])c1. The first-order chi connectivity index (χ1) is 13.8. The van der Waals surface area contributed by atoms with Gasteiger partial charge in [-0.2, -0.15) is 10.5 Å². The molecule has 1 aromatic rings. The Morgan fingerprint density at radius 3 is 2.38 bits per heavy atom. The molecule has 0 saturated heterocycles. The van der Waals surface area contributed by atoms with E-state index in [0.29, 0.717) is 0 Å². The molecule has 0 saturated carbocycles. The van der Waals surface area contributed by atoms with Gasteiger partial charge in [0.25, 0.3) is 17.5 Å². The van der Waals surface area contributed by atoms with Gasteiger partial charge in [0.05, 0.1) is 29.9 Å². The molecular weight excluding hydrogens is 406 g/mol. The van der Waals surface area contributed by atoms with Gasteiger partial charge in [0.1, 0.15) is 11.6 Å². The third-order valence-electron chi connectivity index (χ3n) is 3.49. The zero-order valence-electron chi connectivity index (χ0n) is 15.1. The summed E-state index contributed by atoms with van der Waals surface area (Å²) in [7, 11) is 0. The Hall–Kier alpha value is -3.70. The van der Waals surface area contributed by atoms with Crippen molar-refractivity contribution >= 4 is 35.1 Å². The average molecular weight is 422 g/mol. The van der Waals surface area contributed by atoms with E-state index < -0.39 is 41.5 Å². The maximum Gasteiger partial charge on any atom is 0.325 e. The lowest BCUT2D eigenvalue weighted by molar-refractivity contribution is -0.384. The number of nitro benzene ring substituents is 1. The molecule has 0 aliphatic rings. The van der Waals surface area contributed by atoms with Gasteiger partial charge in [0, 0.05) is 24.7 Å². The number of carbonyl (C=O) groups is 3. The molecule has 0 aliphatic heterocycles. The van der Waals surface area contributed by atoms with E-state index in [1.165, 1.54) is 17.0 Å². The zero-order chi connectivity index (χ0) is 21.8. The van der Waals surface area contributed by atoms with Crippen molar-refractivity contribution in [3.8, 4) is 12.1 Å². The number of nitrogens with one attached hydrogen (secondary N) is 1. The Bertz CT molecular complexity index is 858. The molecule has 0 bridgehead atoms.